The molecule has 0 radical (unpaired) electrons. The number of carbonyl (C=O) groups is 1. The van der Waals surface area contributed by atoms with Crippen LogP contribution in [0, 0.1) is 6.92 Å². The van der Waals surface area contributed by atoms with Crippen molar-refractivity contribution >= 4 is 43.6 Å². The minimum absolute atomic E-state index is 0.112. The first-order chi connectivity index (χ1) is 16.9. The minimum atomic E-state index is -1.42. The van der Waals surface area contributed by atoms with Crippen LogP contribution in [-0.4, -0.2) is 57.7 Å². The molecule has 1 aliphatic carbocycles. The van der Waals surface area contributed by atoms with Gasteiger partial charge in [-0.05, 0) is 54.8 Å². The highest BCUT2D eigenvalue weighted by Crippen LogP contribution is 2.46. The summed E-state index contributed by atoms with van der Waals surface area (Å²) in [5.41, 5.74) is 2.60. The number of benzene rings is 1. The Morgan fingerprint density at radius 2 is 2.06 bits per heavy atom. The van der Waals surface area contributed by atoms with E-state index in [-0.39, 0.29) is 24.2 Å². The molecule has 1 aromatic carbocycles. The summed E-state index contributed by atoms with van der Waals surface area (Å²) in [6, 6.07) is 3.79. The molecule has 1 unspecified atom stereocenters. The van der Waals surface area contributed by atoms with E-state index in [1.54, 1.807) is 19.9 Å². The summed E-state index contributed by atoms with van der Waals surface area (Å²) in [5, 5.41) is 11.8. The molecule has 2 aliphatic rings. The van der Waals surface area contributed by atoms with E-state index < -0.39 is 16.8 Å². The van der Waals surface area contributed by atoms with Gasteiger partial charge in [-0.25, -0.2) is 4.79 Å². The van der Waals surface area contributed by atoms with E-state index in [1.165, 1.54) is 6.26 Å². The van der Waals surface area contributed by atoms with Gasteiger partial charge < -0.3 is 23.6 Å². The number of phenolic OH excluding ortho intramolecular Hbond substituents is 1. The molecule has 1 N–H and O–H groups in total. The number of hydrogen-bond acceptors (Lipinski definition) is 7. The Labute approximate surface area is 214 Å². The summed E-state index contributed by atoms with van der Waals surface area (Å²) in [7, 11) is -1.42. The van der Waals surface area contributed by atoms with E-state index >= 15 is 0 Å². The average molecular weight is 565 g/mol. The number of aromatic hydroxyl groups is 1. The Morgan fingerprint density at radius 1 is 1.31 bits per heavy atom. The maximum absolute atomic E-state index is 13.4. The maximum atomic E-state index is 13.4. The molecule has 2 fully saturated rings. The summed E-state index contributed by atoms with van der Waals surface area (Å²) < 4.78 is 32.5. The van der Waals surface area contributed by atoms with Crippen molar-refractivity contribution in [3.63, 3.8) is 0 Å². The van der Waals surface area contributed by atoms with Gasteiger partial charge in [0.1, 0.15) is 11.5 Å². The van der Waals surface area contributed by atoms with Crippen molar-refractivity contribution < 1.29 is 28.0 Å². The van der Waals surface area contributed by atoms with Gasteiger partial charge in [0.25, 0.3) is 0 Å². The zero-order valence-electron chi connectivity index (χ0n) is 19.8. The summed E-state index contributed by atoms with van der Waals surface area (Å²) >= 11 is 3.53. The average Bonchev–Trinajstić information content (AvgIpc) is 3.50. The molecule has 1 atom stereocenters. The third kappa shape index (κ3) is 4.69. The lowest BCUT2D eigenvalue weighted by molar-refractivity contribution is 0.0340. The van der Waals surface area contributed by atoms with E-state index in [4.69, 9.17) is 13.9 Å². The van der Waals surface area contributed by atoms with Crippen LogP contribution in [0.5, 0.6) is 5.75 Å². The third-order valence-electron chi connectivity index (χ3n) is 6.62. The second kappa shape index (κ2) is 10.1. The predicted molar refractivity (Wildman–Crippen MR) is 135 cm³/mol. The van der Waals surface area contributed by atoms with Crippen molar-refractivity contribution in [1.82, 2.24) is 9.47 Å². The monoisotopic (exact) mass is 564 g/mol. The number of nitrogens with zero attached hydrogens (tertiary/aromatic N) is 2. The third-order valence-corrected chi connectivity index (χ3v) is 8.68. The zero-order chi connectivity index (χ0) is 24.7. The fourth-order valence-electron chi connectivity index (χ4n) is 4.82. The highest BCUT2D eigenvalue weighted by Gasteiger charge is 2.35. The Kier molecular flexibility index (Phi) is 7.07. The SMILES string of the molecule is CCOC(=O)c1c(CS(=O)c2ccoc2C)n(C2CC2)c2cc(Br)c(O)c(CN3CCOCC3)c12. The number of morpholine rings is 1. The Morgan fingerprint density at radius 3 is 2.69 bits per heavy atom. The Hall–Kier alpha value is -2.14. The van der Waals surface area contributed by atoms with Gasteiger partial charge in [-0.1, -0.05) is 0 Å². The largest absolute Gasteiger partial charge is 0.506 e. The lowest BCUT2D eigenvalue weighted by Crippen LogP contribution is -2.35. The van der Waals surface area contributed by atoms with Crippen molar-refractivity contribution in [3.05, 3.63) is 45.4 Å². The molecule has 5 rings (SSSR count). The summed E-state index contributed by atoms with van der Waals surface area (Å²) in [5.74, 6) is 0.400. The lowest BCUT2D eigenvalue weighted by atomic mass is 10.0. The predicted octanol–water partition coefficient (Wildman–Crippen LogP) is 4.66. The lowest BCUT2D eigenvalue weighted by Gasteiger charge is -2.27. The summed E-state index contributed by atoms with van der Waals surface area (Å²) in [6.07, 6.45) is 3.49. The second-order valence-corrected chi connectivity index (χ2v) is 11.2. The van der Waals surface area contributed by atoms with Crippen LogP contribution in [0.2, 0.25) is 0 Å². The first-order valence-electron chi connectivity index (χ1n) is 11.9. The Balaban J connectivity index is 1.73. The van der Waals surface area contributed by atoms with Gasteiger partial charge in [-0.3, -0.25) is 9.11 Å². The molecular formula is C25H29BrN2O6S. The smallest absolute Gasteiger partial charge is 0.340 e. The van der Waals surface area contributed by atoms with Crippen LogP contribution in [0.4, 0.5) is 0 Å². The number of esters is 1. The first kappa shape index (κ1) is 24.5. The molecule has 1 saturated carbocycles. The van der Waals surface area contributed by atoms with Crippen LogP contribution in [0.25, 0.3) is 10.9 Å². The molecule has 8 nitrogen and oxygen atoms in total. The van der Waals surface area contributed by atoms with Gasteiger partial charge in [-0.15, -0.1) is 0 Å². The molecule has 188 valence electrons. The molecule has 1 aliphatic heterocycles. The van der Waals surface area contributed by atoms with Crippen molar-refractivity contribution in [2.75, 3.05) is 32.9 Å². The van der Waals surface area contributed by atoms with Gasteiger partial charge >= 0.3 is 5.97 Å². The van der Waals surface area contributed by atoms with Gasteiger partial charge in [0.05, 0.1) is 63.1 Å². The molecule has 0 bridgehead atoms. The maximum Gasteiger partial charge on any atom is 0.340 e. The quantitative estimate of drug-likeness (QED) is 0.397. The summed E-state index contributed by atoms with van der Waals surface area (Å²) in [4.78, 5) is 16.3. The standard InChI is InChI=1S/C25H29BrN2O6S/c1-3-33-25(30)23-20(14-35(31)21-6-9-34-15(21)2)28(16-4-5-16)19-12-18(26)24(29)17(22(19)23)13-27-7-10-32-11-8-27/h6,9,12,16,29H,3-5,7-8,10-11,13-14H2,1-2H3. The number of aromatic nitrogens is 1. The van der Waals surface area contributed by atoms with Crippen LogP contribution in [0.1, 0.15) is 53.2 Å². The van der Waals surface area contributed by atoms with Gasteiger partial charge in [0, 0.05) is 42.3 Å². The molecule has 1 saturated heterocycles. The number of halogens is 1. The number of hydrogen-bond donors (Lipinski definition) is 1. The van der Waals surface area contributed by atoms with Crippen molar-refractivity contribution in [1.29, 1.82) is 0 Å². The van der Waals surface area contributed by atoms with Gasteiger partial charge in [0.2, 0.25) is 0 Å². The fraction of sp³-hybridized carbons (Fsp3) is 0.480. The number of carbonyl (C=O) groups excluding carboxylic acids is 1. The first-order valence-corrected chi connectivity index (χ1v) is 14.0. The molecular weight excluding hydrogens is 536 g/mol. The number of fused-ring (bicyclic) bond motifs is 1. The van der Waals surface area contributed by atoms with Crippen molar-refractivity contribution in [2.45, 2.75) is 49.9 Å². The molecule has 10 heteroatoms. The zero-order valence-corrected chi connectivity index (χ0v) is 22.2. The van der Waals surface area contributed by atoms with Crippen LogP contribution in [0.3, 0.4) is 0 Å². The molecule has 0 spiro atoms. The van der Waals surface area contributed by atoms with E-state index in [9.17, 15) is 14.1 Å². The van der Waals surface area contributed by atoms with Crippen LogP contribution in [-0.2, 0) is 32.6 Å². The van der Waals surface area contributed by atoms with Crippen LogP contribution in [0.15, 0.2) is 32.2 Å². The molecule has 3 aromatic rings. The number of rotatable bonds is 8. The number of ether oxygens (including phenoxy) is 2. The van der Waals surface area contributed by atoms with Crippen LogP contribution < -0.4 is 0 Å². The van der Waals surface area contributed by atoms with Gasteiger partial charge in [-0.2, -0.15) is 0 Å². The fourth-order valence-corrected chi connectivity index (χ4v) is 6.54. The number of phenols is 1. The topological polar surface area (TPSA) is 94.1 Å². The Bertz CT molecular complexity index is 1290. The normalized spacial score (nSPS) is 17.7. The van der Waals surface area contributed by atoms with Gasteiger partial charge in [0.15, 0.2) is 0 Å². The molecule has 35 heavy (non-hydrogen) atoms. The van der Waals surface area contributed by atoms with Crippen molar-refractivity contribution in [3.8, 4) is 5.75 Å². The second-order valence-electron chi connectivity index (χ2n) is 8.94. The van der Waals surface area contributed by atoms with Crippen LogP contribution >= 0.6 is 15.9 Å². The number of aryl methyl sites for hydroxylation is 1. The minimum Gasteiger partial charge on any atom is -0.506 e. The van der Waals surface area contributed by atoms with E-state index in [0.717, 1.165) is 31.4 Å². The highest BCUT2D eigenvalue weighted by molar-refractivity contribution is 9.10. The molecule has 2 aromatic heterocycles. The highest BCUT2D eigenvalue weighted by atomic mass is 79.9. The van der Waals surface area contributed by atoms with Crippen molar-refractivity contribution in [2.24, 2.45) is 0 Å². The molecule has 3 heterocycles. The summed E-state index contributed by atoms with van der Waals surface area (Å²) in [6.45, 7) is 6.97. The van der Waals surface area contributed by atoms with E-state index in [0.29, 0.717) is 57.1 Å². The molecule has 0 amide bonds. The van der Waals surface area contributed by atoms with E-state index in [2.05, 4.69) is 25.4 Å². The van der Waals surface area contributed by atoms with E-state index in [1.807, 2.05) is 6.07 Å². The number of furan rings is 1.